The Balaban J connectivity index is 2.99. The van der Waals surface area contributed by atoms with Gasteiger partial charge in [0.2, 0.25) is 6.41 Å². The third-order valence-corrected chi connectivity index (χ3v) is 1.99. The second kappa shape index (κ2) is 4.62. The van der Waals surface area contributed by atoms with Gasteiger partial charge in [-0.1, -0.05) is 11.6 Å². The fraction of sp³-hybridized carbons (Fsp3) is 0.111. The highest BCUT2D eigenvalue weighted by atomic mass is 35.5. The van der Waals surface area contributed by atoms with Gasteiger partial charge in [0.15, 0.2) is 0 Å². The monoisotopic (exact) mass is 212 g/mol. The van der Waals surface area contributed by atoms with E-state index in [9.17, 15) is 9.59 Å². The maximum Gasteiger partial charge on any atom is 0.251 e. The molecule has 0 saturated heterocycles. The third-order valence-electron chi connectivity index (χ3n) is 1.67. The summed E-state index contributed by atoms with van der Waals surface area (Å²) < 4.78 is 0. The van der Waals surface area contributed by atoms with Crippen molar-refractivity contribution in [3.8, 4) is 0 Å². The molecule has 0 aliphatic rings. The zero-order valence-electron chi connectivity index (χ0n) is 7.50. The molecule has 0 aliphatic heterocycles. The van der Waals surface area contributed by atoms with Gasteiger partial charge in [0.25, 0.3) is 5.91 Å². The summed E-state index contributed by atoms with van der Waals surface area (Å²) in [6.45, 7) is 0. The molecule has 0 aliphatic carbocycles. The average molecular weight is 213 g/mol. The van der Waals surface area contributed by atoms with Crippen molar-refractivity contribution < 1.29 is 9.59 Å². The van der Waals surface area contributed by atoms with E-state index < -0.39 is 0 Å². The molecular formula is C9H9ClN2O2. The number of anilines is 1. The van der Waals surface area contributed by atoms with Crippen molar-refractivity contribution in [3.63, 3.8) is 0 Å². The number of amides is 2. The predicted octanol–water partition coefficient (Wildman–Crippen LogP) is 1.27. The molecule has 0 atom stereocenters. The molecule has 5 heteroatoms. The molecule has 1 aromatic carbocycles. The van der Waals surface area contributed by atoms with Crippen LogP contribution < -0.4 is 10.6 Å². The smallest absolute Gasteiger partial charge is 0.251 e. The SMILES string of the molecule is CNC(=O)c1ccc(NC=O)c(Cl)c1. The van der Waals surface area contributed by atoms with Gasteiger partial charge in [-0.2, -0.15) is 0 Å². The van der Waals surface area contributed by atoms with Crippen molar-refractivity contribution in [2.45, 2.75) is 0 Å². The lowest BCUT2D eigenvalue weighted by Gasteiger charge is -2.04. The van der Waals surface area contributed by atoms with Crippen molar-refractivity contribution in [1.29, 1.82) is 0 Å². The summed E-state index contributed by atoms with van der Waals surface area (Å²) in [5.74, 6) is -0.218. The van der Waals surface area contributed by atoms with Gasteiger partial charge in [-0.05, 0) is 18.2 Å². The first-order valence-electron chi connectivity index (χ1n) is 3.91. The van der Waals surface area contributed by atoms with Crippen LogP contribution in [0.15, 0.2) is 18.2 Å². The van der Waals surface area contributed by atoms with E-state index in [4.69, 9.17) is 11.6 Å². The second-order valence-corrected chi connectivity index (χ2v) is 2.94. The number of nitrogens with one attached hydrogen (secondary N) is 2. The van der Waals surface area contributed by atoms with E-state index >= 15 is 0 Å². The van der Waals surface area contributed by atoms with Crippen LogP contribution in [-0.2, 0) is 4.79 Å². The Bertz CT molecular complexity index is 366. The molecule has 0 heterocycles. The zero-order chi connectivity index (χ0) is 10.6. The van der Waals surface area contributed by atoms with E-state index in [0.29, 0.717) is 22.7 Å². The van der Waals surface area contributed by atoms with Gasteiger partial charge in [0.05, 0.1) is 10.7 Å². The van der Waals surface area contributed by atoms with Crippen LogP contribution in [0.2, 0.25) is 5.02 Å². The van der Waals surface area contributed by atoms with Gasteiger partial charge in [0, 0.05) is 12.6 Å². The average Bonchev–Trinajstić information content (AvgIpc) is 2.20. The Morgan fingerprint density at radius 1 is 1.50 bits per heavy atom. The Labute approximate surface area is 86.3 Å². The summed E-state index contributed by atoms with van der Waals surface area (Å²) in [6, 6.07) is 4.64. The van der Waals surface area contributed by atoms with Gasteiger partial charge in [0.1, 0.15) is 0 Å². The molecule has 1 aromatic rings. The topological polar surface area (TPSA) is 58.2 Å². The minimum absolute atomic E-state index is 0.218. The fourth-order valence-corrected chi connectivity index (χ4v) is 1.22. The highest BCUT2D eigenvalue weighted by Gasteiger charge is 2.06. The molecular weight excluding hydrogens is 204 g/mol. The van der Waals surface area contributed by atoms with E-state index in [0.717, 1.165) is 0 Å². The van der Waals surface area contributed by atoms with E-state index in [1.807, 2.05) is 0 Å². The minimum atomic E-state index is -0.218. The van der Waals surface area contributed by atoms with Crippen LogP contribution in [0.25, 0.3) is 0 Å². The zero-order valence-corrected chi connectivity index (χ0v) is 8.26. The molecule has 74 valence electrons. The van der Waals surface area contributed by atoms with Gasteiger partial charge >= 0.3 is 0 Å². The van der Waals surface area contributed by atoms with E-state index in [-0.39, 0.29) is 5.91 Å². The lowest BCUT2D eigenvalue weighted by atomic mass is 10.2. The first-order chi connectivity index (χ1) is 6.69. The molecule has 0 spiro atoms. The minimum Gasteiger partial charge on any atom is -0.355 e. The van der Waals surface area contributed by atoms with Gasteiger partial charge in [-0.15, -0.1) is 0 Å². The first-order valence-corrected chi connectivity index (χ1v) is 4.28. The molecule has 0 radical (unpaired) electrons. The lowest BCUT2D eigenvalue weighted by molar-refractivity contribution is -0.105. The molecule has 2 N–H and O–H groups in total. The number of carbonyl (C=O) groups excluding carboxylic acids is 2. The van der Waals surface area contributed by atoms with Crippen LogP contribution in [-0.4, -0.2) is 19.4 Å². The molecule has 4 nitrogen and oxygen atoms in total. The van der Waals surface area contributed by atoms with Crippen LogP contribution in [0.5, 0.6) is 0 Å². The quantitative estimate of drug-likeness (QED) is 0.742. The number of hydrogen-bond acceptors (Lipinski definition) is 2. The Hall–Kier alpha value is -1.55. The van der Waals surface area contributed by atoms with Gasteiger partial charge in [-0.3, -0.25) is 9.59 Å². The van der Waals surface area contributed by atoms with Crippen molar-refractivity contribution in [2.24, 2.45) is 0 Å². The Morgan fingerprint density at radius 2 is 2.21 bits per heavy atom. The summed E-state index contributed by atoms with van der Waals surface area (Å²) in [6.07, 6.45) is 0.529. The normalized spacial score (nSPS) is 9.29. The summed E-state index contributed by atoms with van der Waals surface area (Å²) in [5, 5.41) is 5.22. The highest BCUT2D eigenvalue weighted by Crippen LogP contribution is 2.22. The van der Waals surface area contributed by atoms with Crippen molar-refractivity contribution in [3.05, 3.63) is 28.8 Å². The molecule has 0 aromatic heterocycles. The van der Waals surface area contributed by atoms with E-state index in [1.54, 1.807) is 12.1 Å². The summed E-state index contributed by atoms with van der Waals surface area (Å²) in [7, 11) is 1.54. The largest absolute Gasteiger partial charge is 0.355 e. The maximum absolute atomic E-state index is 11.2. The van der Waals surface area contributed by atoms with Gasteiger partial charge < -0.3 is 10.6 Å². The second-order valence-electron chi connectivity index (χ2n) is 2.54. The molecule has 2 amide bonds. The lowest BCUT2D eigenvalue weighted by Crippen LogP contribution is -2.17. The number of benzene rings is 1. The van der Waals surface area contributed by atoms with Crippen molar-refractivity contribution >= 4 is 29.6 Å². The van der Waals surface area contributed by atoms with Crippen molar-refractivity contribution in [1.82, 2.24) is 5.32 Å². The van der Waals surface area contributed by atoms with Crippen molar-refractivity contribution in [2.75, 3.05) is 12.4 Å². The Kier molecular flexibility index (Phi) is 3.48. The molecule has 0 saturated carbocycles. The number of hydrogen-bond donors (Lipinski definition) is 2. The van der Waals surface area contributed by atoms with Crippen LogP contribution in [0, 0.1) is 0 Å². The number of carbonyl (C=O) groups is 2. The molecule has 1 rings (SSSR count). The highest BCUT2D eigenvalue weighted by molar-refractivity contribution is 6.33. The molecule has 0 bridgehead atoms. The fourth-order valence-electron chi connectivity index (χ4n) is 0.981. The van der Waals surface area contributed by atoms with Gasteiger partial charge in [-0.25, -0.2) is 0 Å². The molecule has 0 unspecified atom stereocenters. The molecule has 14 heavy (non-hydrogen) atoms. The number of rotatable bonds is 3. The van der Waals surface area contributed by atoms with Crippen LogP contribution in [0.1, 0.15) is 10.4 Å². The summed E-state index contributed by atoms with van der Waals surface area (Å²) in [4.78, 5) is 21.3. The van der Waals surface area contributed by atoms with Crippen LogP contribution >= 0.6 is 11.6 Å². The van der Waals surface area contributed by atoms with Crippen LogP contribution in [0.4, 0.5) is 5.69 Å². The Morgan fingerprint density at radius 3 is 2.71 bits per heavy atom. The molecule has 0 fully saturated rings. The predicted molar refractivity (Wildman–Crippen MR) is 54.5 cm³/mol. The first kappa shape index (κ1) is 10.5. The maximum atomic E-state index is 11.2. The van der Waals surface area contributed by atoms with Crippen LogP contribution in [0.3, 0.4) is 0 Å². The van der Waals surface area contributed by atoms with E-state index in [2.05, 4.69) is 10.6 Å². The van der Waals surface area contributed by atoms with E-state index in [1.165, 1.54) is 13.1 Å². The third kappa shape index (κ3) is 2.23. The standard InChI is InChI=1S/C9H9ClN2O2/c1-11-9(14)6-2-3-8(12-5-13)7(10)4-6/h2-5H,1H3,(H,11,14)(H,12,13). The summed E-state index contributed by atoms with van der Waals surface area (Å²) >= 11 is 5.81. The summed E-state index contributed by atoms with van der Waals surface area (Å²) in [5.41, 5.74) is 0.934. The number of halogens is 1.